The highest BCUT2D eigenvalue weighted by Gasteiger charge is 2.71. The zero-order chi connectivity index (χ0) is 16.7. The summed E-state index contributed by atoms with van der Waals surface area (Å²) in [7, 11) is 3.54. The van der Waals surface area contributed by atoms with E-state index < -0.39 is 19.5 Å². The molecule has 0 aromatic heterocycles. The molecule has 126 valence electrons. The summed E-state index contributed by atoms with van der Waals surface area (Å²) in [6.45, 7) is 8.62. The molecule has 0 unspecified atom stereocenters. The van der Waals surface area contributed by atoms with Crippen LogP contribution in [0.15, 0.2) is 24.3 Å². The van der Waals surface area contributed by atoms with Crippen LogP contribution in [0.3, 0.4) is 0 Å². The van der Waals surface area contributed by atoms with Gasteiger partial charge in [-0.15, -0.1) is 0 Å². The predicted octanol–water partition coefficient (Wildman–Crippen LogP) is 3.60. The Labute approximate surface area is 139 Å². The Morgan fingerprint density at radius 1 is 0.913 bits per heavy atom. The second-order valence-electron chi connectivity index (χ2n) is 8.03. The number of nitrogens with zero attached hydrogens (tertiary/aromatic N) is 1. The van der Waals surface area contributed by atoms with Crippen molar-refractivity contribution in [1.82, 2.24) is 0 Å². The summed E-state index contributed by atoms with van der Waals surface area (Å²) in [5, 5.41) is 0.919. The van der Waals surface area contributed by atoms with E-state index in [1.807, 2.05) is 0 Å². The van der Waals surface area contributed by atoms with Gasteiger partial charge in [-0.2, -0.15) is 0 Å². The van der Waals surface area contributed by atoms with E-state index in [2.05, 4.69) is 71.0 Å². The second-order valence-corrected chi connectivity index (χ2v) is 11.1. The first-order valence-electron chi connectivity index (χ1n) is 8.25. The molecule has 4 fully saturated rings. The highest BCUT2D eigenvalue weighted by molar-refractivity contribution is 7.68. The first-order chi connectivity index (χ1) is 10.6. The van der Waals surface area contributed by atoms with Crippen LogP contribution in [-0.2, 0) is 14.2 Å². The molecule has 23 heavy (non-hydrogen) atoms. The van der Waals surface area contributed by atoms with Crippen molar-refractivity contribution < 1.29 is 14.2 Å². The van der Waals surface area contributed by atoms with Gasteiger partial charge in [0.1, 0.15) is 0 Å². The maximum absolute atomic E-state index is 6.51. The van der Waals surface area contributed by atoms with Crippen molar-refractivity contribution in [3.8, 4) is 0 Å². The number of anilines is 1. The molecule has 4 bridgehead atoms. The Balaban J connectivity index is 1.82. The average molecular weight is 335 g/mol. The summed E-state index contributed by atoms with van der Waals surface area (Å²) in [5.41, 5.74) is 1.22. The topological polar surface area (TPSA) is 30.9 Å². The molecule has 4 heterocycles. The van der Waals surface area contributed by atoms with Crippen molar-refractivity contribution in [2.75, 3.05) is 19.0 Å². The van der Waals surface area contributed by atoms with Gasteiger partial charge in [-0.1, -0.05) is 12.1 Å². The van der Waals surface area contributed by atoms with Crippen LogP contribution in [0.5, 0.6) is 0 Å². The van der Waals surface area contributed by atoms with E-state index in [9.17, 15) is 0 Å². The lowest BCUT2D eigenvalue weighted by Gasteiger charge is -2.69. The predicted molar refractivity (Wildman–Crippen MR) is 93.4 cm³/mol. The lowest BCUT2D eigenvalue weighted by Crippen LogP contribution is -2.72. The molecule has 1 aromatic rings. The van der Waals surface area contributed by atoms with E-state index in [0.717, 1.165) is 12.8 Å². The SMILES string of the molecule is CN(C)c1cccc(P2[C@]3(C)C[C@@]4(C)O[C@](C)(C[C@]2(C)O4)O3)c1. The summed E-state index contributed by atoms with van der Waals surface area (Å²) in [6, 6.07) is 8.82. The van der Waals surface area contributed by atoms with Gasteiger partial charge in [0.2, 0.25) is 0 Å². The largest absolute Gasteiger partial charge is 0.378 e. The van der Waals surface area contributed by atoms with E-state index in [0.29, 0.717) is 0 Å². The number of hydrogen-bond acceptors (Lipinski definition) is 4. The third kappa shape index (κ3) is 2.26. The highest BCUT2D eigenvalue weighted by atomic mass is 31.1. The van der Waals surface area contributed by atoms with Crippen LogP contribution in [0.4, 0.5) is 5.69 Å². The van der Waals surface area contributed by atoms with Crippen LogP contribution in [0.1, 0.15) is 40.5 Å². The van der Waals surface area contributed by atoms with E-state index in [-0.39, 0.29) is 10.7 Å². The summed E-state index contributed by atoms with van der Waals surface area (Å²) in [4.78, 5) is 2.15. The summed E-state index contributed by atoms with van der Waals surface area (Å²) in [6.07, 6.45) is 1.56. The zero-order valence-corrected chi connectivity index (χ0v) is 15.7. The Bertz CT molecular complexity index is 617. The minimum atomic E-state index is -0.621. The molecule has 4 saturated heterocycles. The van der Waals surface area contributed by atoms with E-state index in [4.69, 9.17) is 14.2 Å². The van der Waals surface area contributed by atoms with Gasteiger partial charge in [0.25, 0.3) is 0 Å². The molecule has 0 saturated carbocycles. The summed E-state index contributed by atoms with van der Waals surface area (Å²) in [5.74, 6) is -1.07. The molecule has 0 N–H and O–H groups in total. The Morgan fingerprint density at radius 2 is 1.48 bits per heavy atom. The maximum Gasteiger partial charge on any atom is 0.173 e. The van der Waals surface area contributed by atoms with Crippen LogP contribution < -0.4 is 10.2 Å². The zero-order valence-electron chi connectivity index (χ0n) is 14.8. The average Bonchev–Trinajstić information content (AvgIpc) is 2.32. The molecule has 0 amide bonds. The fourth-order valence-corrected chi connectivity index (χ4v) is 9.09. The lowest BCUT2D eigenvalue weighted by molar-refractivity contribution is -0.467. The van der Waals surface area contributed by atoms with Gasteiger partial charge in [-0.25, -0.2) is 0 Å². The van der Waals surface area contributed by atoms with Gasteiger partial charge < -0.3 is 19.1 Å². The molecule has 5 rings (SSSR count). The first-order valence-corrected chi connectivity index (χ1v) is 9.59. The molecule has 0 spiro atoms. The monoisotopic (exact) mass is 335 g/mol. The molecular weight excluding hydrogens is 309 g/mol. The molecule has 5 heteroatoms. The first kappa shape index (κ1) is 15.8. The van der Waals surface area contributed by atoms with E-state index in [1.54, 1.807) is 0 Å². The fourth-order valence-electron chi connectivity index (χ4n) is 5.04. The molecule has 0 radical (unpaired) electrons. The van der Waals surface area contributed by atoms with Crippen LogP contribution in [-0.4, -0.2) is 36.4 Å². The van der Waals surface area contributed by atoms with Gasteiger partial charge in [0.05, 0.1) is 10.7 Å². The second kappa shape index (κ2) is 4.49. The molecule has 4 atom stereocenters. The van der Waals surface area contributed by atoms with Crippen molar-refractivity contribution in [3.05, 3.63) is 24.3 Å². The third-order valence-corrected chi connectivity index (χ3v) is 8.34. The van der Waals surface area contributed by atoms with Crippen LogP contribution in [0, 0.1) is 0 Å². The van der Waals surface area contributed by atoms with E-state index >= 15 is 0 Å². The number of benzene rings is 1. The molecule has 4 aliphatic heterocycles. The number of rotatable bonds is 2. The minimum Gasteiger partial charge on any atom is -0.378 e. The van der Waals surface area contributed by atoms with Gasteiger partial charge >= 0.3 is 0 Å². The summed E-state index contributed by atoms with van der Waals surface area (Å²) < 4.78 is 19.2. The molecule has 0 aliphatic carbocycles. The molecule has 4 aliphatic rings. The van der Waals surface area contributed by atoms with E-state index in [1.165, 1.54) is 11.0 Å². The van der Waals surface area contributed by atoms with Crippen LogP contribution >= 0.6 is 7.92 Å². The minimum absolute atomic E-state index is 0.215. The third-order valence-electron chi connectivity index (χ3n) is 5.15. The van der Waals surface area contributed by atoms with Crippen molar-refractivity contribution in [3.63, 3.8) is 0 Å². The van der Waals surface area contributed by atoms with Crippen molar-refractivity contribution in [2.24, 2.45) is 0 Å². The molecular formula is C18H26NO3P. The quantitative estimate of drug-likeness (QED) is 0.773. The maximum atomic E-state index is 6.51. The highest BCUT2D eigenvalue weighted by Crippen LogP contribution is 2.75. The Morgan fingerprint density at radius 3 is 2.00 bits per heavy atom. The molecule has 4 nitrogen and oxygen atoms in total. The lowest BCUT2D eigenvalue weighted by atomic mass is 9.98. The van der Waals surface area contributed by atoms with Gasteiger partial charge in [-0.05, 0) is 53.1 Å². The Hall–Kier alpha value is -0.670. The molecule has 1 aromatic carbocycles. The standard InChI is InChI=1S/C18H26NO3P/c1-15-11-17(3)22-16(2,20-15)12-18(4,21-15)23(17)14-9-7-8-13(10-14)19(5)6/h7-10H,11-12H2,1-6H3/t15-,16-,17+,18+/m0/s1. The van der Waals surface area contributed by atoms with Crippen molar-refractivity contribution >= 4 is 18.9 Å². The Kier molecular flexibility index (Phi) is 3.09. The number of hydrogen-bond donors (Lipinski definition) is 0. The van der Waals surface area contributed by atoms with Crippen molar-refractivity contribution in [1.29, 1.82) is 0 Å². The van der Waals surface area contributed by atoms with Gasteiger partial charge in [-0.3, -0.25) is 0 Å². The van der Waals surface area contributed by atoms with Crippen LogP contribution in [0.2, 0.25) is 0 Å². The summed E-state index contributed by atoms with van der Waals surface area (Å²) >= 11 is 0. The smallest absolute Gasteiger partial charge is 0.173 e. The van der Waals surface area contributed by atoms with Crippen molar-refractivity contribution in [2.45, 2.75) is 62.8 Å². The normalized spacial score (nSPS) is 47.8. The number of ether oxygens (including phenoxy) is 3. The van der Waals surface area contributed by atoms with Gasteiger partial charge in [0.15, 0.2) is 11.6 Å². The van der Waals surface area contributed by atoms with Crippen LogP contribution in [0.25, 0.3) is 0 Å². The van der Waals surface area contributed by atoms with Gasteiger partial charge in [0, 0.05) is 32.6 Å². The fraction of sp³-hybridized carbons (Fsp3) is 0.667.